The molecule has 0 bridgehead atoms. The van der Waals surface area contributed by atoms with Crippen molar-refractivity contribution in [3.63, 3.8) is 0 Å². The van der Waals surface area contributed by atoms with Gasteiger partial charge in [0.1, 0.15) is 5.75 Å². The fourth-order valence-corrected chi connectivity index (χ4v) is 2.74. The molecule has 0 aromatic heterocycles. The molecule has 1 saturated carbocycles. The average Bonchev–Trinajstić information content (AvgIpc) is 3.10. The molecule has 2 N–H and O–H groups in total. The van der Waals surface area contributed by atoms with Gasteiger partial charge in [-0.2, -0.15) is 0 Å². The van der Waals surface area contributed by atoms with Gasteiger partial charge in [-0.05, 0) is 49.8 Å². The van der Waals surface area contributed by atoms with Gasteiger partial charge in [0.25, 0.3) is 5.91 Å². The number of carbonyl (C=O) groups excluding carboxylic acids is 1. The highest BCUT2D eigenvalue weighted by molar-refractivity contribution is 5.97. The lowest BCUT2D eigenvalue weighted by molar-refractivity contribution is 0.0728. The van der Waals surface area contributed by atoms with Crippen molar-refractivity contribution >= 4 is 5.91 Å². The second-order valence-corrected chi connectivity index (χ2v) is 5.56. The van der Waals surface area contributed by atoms with Crippen LogP contribution in [-0.2, 0) is 4.74 Å². The molecule has 4 nitrogen and oxygen atoms in total. The van der Waals surface area contributed by atoms with E-state index in [4.69, 9.17) is 4.74 Å². The van der Waals surface area contributed by atoms with Gasteiger partial charge in [-0.3, -0.25) is 4.79 Å². The van der Waals surface area contributed by atoms with Crippen molar-refractivity contribution in [1.29, 1.82) is 0 Å². The summed E-state index contributed by atoms with van der Waals surface area (Å²) in [6.07, 6.45) is 3.43. The molecule has 102 valence electrons. The zero-order valence-electron chi connectivity index (χ0n) is 11.1. The van der Waals surface area contributed by atoms with E-state index in [0.29, 0.717) is 18.1 Å². The molecule has 1 amide bonds. The third kappa shape index (κ3) is 2.59. The Labute approximate surface area is 112 Å². The third-order valence-corrected chi connectivity index (χ3v) is 3.94. The summed E-state index contributed by atoms with van der Waals surface area (Å²) < 4.78 is 5.70. The van der Waals surface area contributed by atoms with Crippen LogP contribution in [0.1, 0.15) is 35.2 Å². The normalized spacial score (nSPS) is 26.4. The minimum atomic E-state index is -0.210. The van der Waals surface area contributed by atoms with Crippen LogP contribution in [0.4, 0.5) is 0 Å². The number of aromatic hydroxyl groups is 1. The number of carbonyl (C=O) groups is 1. The summed E-state index contributed by atoms with van der Waals surface area (Å²) in [6.45, 7) is 2.60. The zero-order chi connectivity index (χ0) is 13.4. The molecular weight excluding hydrogens is 242 g/mol. The topological polar surface area (TPSA) is 58.6 Å². The number of hydrogen-bond acceptors (Lipinski definition) is 3. The Balaban J connectivity index is 1.70. The number of aryl methyl sites for hydroxylation is 1. The van der Waals surface area contributed by atoms with E-state index in [9.17, 15) is 9.90 Å². The molecule has 1 aromatic rings. The summed E-state index contributed by atoms with van der Waals surface area (Å²) >= 11 is 0. The molecule has 4 heteroatoms. The van der Waals surface area contributed by atoms with E-state index < -0.39 is 0 Å². The van der Waals surface area contributed by atoms with Crippen LogP contribution >= 0.6 is 0 Å². The van der Waals surface area contributed by atoms with Crippen molar-refractivity contribution in [3.8, 4) is 5.75 Å². The van der Waals surface area contributed by atoms with Gasteiger partial charge in [-0.15, -0.1) is 0 Å². The van der Waals surface area contributed by atoms with Gasteiger partial charge in [0.05, 0.1) is 17.7 Å². The highest BCUT2D eigenvalue weighted by Gasteiger charge is 2.41. The standard InChI is InChI=1S/C15H19NO3/c1-9-2-5-11(13(17)8-9)15(18)16-12-6-7-19-14(12)10-3-4-10/h2,5,8,10,12,14,17H,3-4,6-7H2,1H3,(H,16,18). The summed E-state index contributed by atoms with van der Waals surface area (Å²) in [5.74, 6) is 0.442. The Hall–Kier alpha value is -1.55. The van der Waals surface area contributed by atoms with Crippen LogP contribution in [0.15, 0.2) is 18.2 Å². The van der Waals surface area contributed by atoms with Crippen molar-refractivity contribution in [3.05, 3.63) is 29.3 Å². The molecule has 1 heterocycles. The van der Waals surface area contributed by atoms with E-state index >= 15 is 0 Å². The fraction of sp³-hybridized carbons (Fsp3) is 0.533. The summed E-state index contributed by atoms with van der Waals surface area (Å²) in [5, 5.41) is 12.8. The first kappa shape index (κ1) is 12.5. The Morgan fingerprint density at radius 1 is 1.37 bits per heavy atom. The zero-order valence-corrected chi connectivity index (χ0v) is 11.1. The summed E-state index contributed by atoms with van der Waals surface area (Å²) in [6, 6.07) is 5.19. The quantitative estimate of drug-likeness (QED) is 0.875. The van der Waals surface area contributed by atoms with Gasteiger partial charge in [0.15, 0.2) is 0 Å². The molecule has 3 rings (SSSR count). The van der Waals surface area contributed by atoms with Gasteiger partial charge in [-0.1, -0.05) is 6.07 Å². The lowest BCUT2D eigenvalue weighted by atomic mass is 10.0. The summed E-state index contributed by atoms with van der Waals surface area (Å²) in [5.41, 5.74) is 1.28. The molecule has 2 atom stereocenters. The van der Waals surface area contributed by atoms with Crippen LogP contribution in [0.5, 0.6) is 5.75 Å². The van der Waals surface area contributed by atoms with Gasteiger partial charge < -0.3 is 15.2 Å². The molecule has 2 fully saturated rings. The number of benzene rings is 1. The van der Waals surface area contributed by atoms with Crippen LogP contribution in [0.2, 0.25) is 0 Å². The molecule has 2 unspecified atom stereocenters. The van der Waals surface area contributed by atoms with Crippen molar-refractivity contribution in [2.24, 2.45) is 5.92 Å². The largest absolute Gasteiger partial charge is 0.507 e. The highest BCUT2D eigenvalue weighted by Crippen LogP contribution is 2.38. The van der Waals surface area contributed by atoms with Crippen LogP contribution in [0, 0.1) is 12.8 Å². The van der Waals surface area contributed by atoms with E-state index in [1.165, 1.54) is 12.8 Å². The van der Waals surface area contributed by atoms with E-state index in [0.717, 1.165) is 12.0 Å². The van der Waals surface area contributed by atoms with Crippen molar-refractivity contribution in [2.75, 3.05) is 6.61 Å². The lowest BCUT2D eigenvalue weighted by Gasteiger charge is -2.19. The maximum absolute atomic E-state index is 12.2. The lowest BCUT2D eigenvalue weighted by Crippen LogP contribution is -2.41. The first-order chi connectivity index (χ1) is 9.15. The number of ether oxygens (including phenoxy) is 1. The Kier molecular flexibility index (Phi) is 3.19. The number of hydrogen-bond donors (Lipinski definition) is 2. The minimum absolute atomic E-state index is 0.0411. The third-order valence-electron chi connectivity index (χ3n) is 3.94. The summed E-state index contributed by atoms with van der Waals surface area (Å²) in [7, 11) is 0. The Morgan fingerprint density at radius 3 is 2.84 bits per heavy atom. The second kappa shape index (κ2) is 4.85. The van der Waals surface area contributed by atoms with Gasteiger partial charge >= 0.3 is 0 Å². The number of phenols is 1. The predicted octanol–water partition coefficient (Wildman–Crippen LogP) is 2.00. The highest BCUT2D eigenvalue weighted by atomic mass is 16.5. The van der Waals surface area contributed by atoms with E-state index in [1.807, 2.05) is 13.0 Å². The molecule has 1 aliphatic carbocycles. The average molecular weight is 261 g/mol. The number of rotatable bonds is 3. The van der Waals surface area contributed by atoms with Crippen LogP contribution in [-0.4, -0.2) is 29.8 Å². The smallest absolute Gasteiger partial charge is 0.255 e. The van der Waals surface area contributed by atoms with Crippen LogP contribution in [0.25, 0.3) is 0 Å². The SMILES string of the molecule is Cc1ccc(C(=O)NC2CCOC2C2CC2)c(O)c1. The van der Waals surface area contributed by atoms with E-state index in [1.54, 1.807) is 12.1 Å². The predicted molar refractivity (Wildman–Crippen MR) is 71.2 cm³/mol. The Morgan fingerprint density at radius 2 is 2.16 bits per heavy atom. The van der Waals surface area contributed by atoms with Crippen molar-refractivity contribution in [2.45, 2.75) is 38.3 Å². The minimum Gasteiger partial charge on any atom is -0.507 e. The number of phenolic OH excluding ortho intramolecular Hbond substituents is 1. The van der Waals surface area contributed by atoms with E-state index in [2.05, 4.69) is 5.32 Å². The Bertz CT molecular complexity index is 496. The van der Waals surface area contributed by atoms with E-state index in [-0.39, 0.29) is 23.8 Å². The van der Waals surface area contributed by atoms with Crippen molar-refractivity contribution in [1.82, 2.24) is 5.32 Å². The number of nitrogens with one attached hydrogen (secondary N) is 1. The second-order valence-electron chi connectivity index (χ2n) is 5.56. The molecule has 2 aliphatic rings. The molecule has 1 aliphatic heterocycles. The molecule has 19 heavy (non-hydrogen) atoms. The summed E-state index contributed by atoms with van der Waals surface area (Å²) in [4.78, 5) is 12.2. The maximum Gasteiger partial charge on any atom is 0.255 e. The fourth-order valence-electron chi connectivity index (χ4n) is 2.74. The molecule has 0 radical (unpaired) electrons. The monoisotopic (exact) mass is 261 g/mol. The molecular formula is C15H19NO3. The van der Waals surface area contributed by atoms with Gasteiger partial charge in [0.2, 0.25) is 0 Å². The number of amides is 1. The van der Waals surface area contributed by atoms with Gasteiger partial charge in [0, 0.05) is 6.61 Å². The molecule has 1 aromatic carbocycles. The van der Waals surface area contributed by atoms with Crippen LogP contribution < -0.4 is 5.32 Å². The van der Waals surface area contributed by atoms with Gasteiger partial charge in [-0.25, -0.2) is 0 Å². The molecule has 1 saturated heterocycles. The van der Waals surface area contributed by atoms with Crippen molar-refractivity contribution < 1.29 is 14.6 Å². The first-order valence-corrected chi connectivity index (χ1v) is 6.87. The first-order valence-electron chi connectivity index (χ1n) is 6.87. The maximum atomic E-state index is 12.2. The van der Waals surface area contributed by atoms with Crippen LogP contribution in [0.3, 0.4) is 0 Å². The molecule has 0 spiro atoms.